The van der Waals surface area contributed by atoms with Gasteiger partial charge in [-0.05, 0) is 31.9 Å². The Kier molecular flexibility index (Phi) is 6.36. The summed E-state index contributed by atoms with van der Waals surface area (Å²) in [6.45, 7) is 3.36. The molecule has 1 saturated heterocycles. The van der Waals surface area contributed by atoms with Gasteiger partial charge in [-0.25, -0.2) is 19.2 Å². The number of ether oxygens (including phenoxy) is 1. The van der Waals surface area contributed by atoms with Crippen molar-refractivity contribution in [2.24, 2.45) is 0 Å². The van der Waals surface area contributed by atoms with Crippen LogP contribution in [0.1, 0.15) is 30.3 Å². The lowest BCUT2D eigenvalue weighted by molar-refractivity contribution is 0.0982. The molecule has 28 heavy (non-hydrogen) atoms. The Morgan fingerprint density at radius 2 is 1.96 bits per heavy atom. The average molecular weight is 387 g/mol. The lowest BCUT2D eigenvalue weighted by Gasteiger charge is -2.31. The maximum absolute atomic E-state index is 13.6. The monoisotopic (exact) mass is 387 g/mol. The molecular formula is C19H22FN5O3. The molecule has 9 heteroatoms. The largest absolute Gasteiger partial charge is 0.450 e. The Hall–Kier alpha value is -3.23. The van der Waals surface area contributed by atoms with Crippen molar-refractivity contribution in [1.82, 2.24) is 14.9 Å². The number of aromatic nitrogens is 2. The number of rotatable bonds is 5. The zero-order chi connectivity index (χ0) is 19.9. The van der Waals surface area contributed by atoms with Gasteiger partial charge < -0.3 is 20.3 Å². The van der Waals surface area contributed by atoms with E-state index in [1.807, 2.05) is 0 Å². The van der Waals surface area contributed by atoms with Crippen LogP contribution in [0.15, 0.2) is 36.7 Å². The Morgan fingerprint density at radius 3 is 2.61 bits per heavy atom. The summed E-state index contributed by atoms with van der Waals surface area (Å²) in [6.07, 6.45) is 4.04. The molecule has 1 aromatic carbocycles. The van der Waals surface area contributed by atoms with Crippen molar-refractivity contribution in [3.63, 3.8) is 0 Å². The molecule has 0 atom stereocenters. The minimum Gasteiger partial charge on any atom is -0.450 e. The first-order valence-electron chi connectivity index (χ1n) is 9.13. The van der Waals surface area contributed by atoms with Crippen LogP contribution >= 0.6 is 0 Å². The number of piperidine rings is 1. The molecule has 2 heterocycles. The van der Waals surface area contributed by atoms with Crippen LogP contribution in [0.4, 0.5) is 20.7 Å². The van der Waals surface area contributed by atoms with E-state index < -0.39 is 11.7 Å². The van der Waals surface area contributed by atoms with E-state index in [-0.39, 0.29) is 23.5 Å². The van der Waals surface area contributed by atoms with Gasteiger partial charge in [0.25, 0.3) is 5.91 Å². The van der Waals surface area contributed by atoms with Gasteiger partial charge >= 0.3 is 6.09 Å². The smallest absolute Gasteiger partial charge is 0.409 e. The molecule has 8 nitrogen and oxygen atoms in total. The molecule has 2 amide bonds. The van der Waals surface area contributed by atoms with E-state index in [1.54, 1.807) is 24.0 Å². The first-order valence-corrected chi connectivity index (χ1v) is 9.13. The first kappa shape index (κ1) is 19.5. The molecule has 1 fully saturated rings. The molecule has 2 N–H and O–H groups in total. The van der Waals surface area contributed by atoms with E-state index in [9.17, 15) is 14.0 Å². The third kappa shape index (κ3) is 4.93. The molecule has 148 valence electrons. The molecule has 3 rings (SSSR count). The molecule has 2 aromatic rings. The van der Waals surface area contributed by atoms with Crippen molar-refractivity contribution in [3.8, 4) is 0 Å². The molecule has 1 aliphatic heterocycles. The summed E-state index contributed by atoms with van der Waals surface area (Å²) < 4.78 is 18.6. The van der Waals surface area contributed by atoms with Crippen LogP contribution in [-0.4, -0.2) is 52.6 Å². The Bertz CT molecular complexity index is 823. The van der Waals surface area contributed by atoms with Gasteiger partial charge in [0.2, 0.25) is 0 Å². The van der Waals surface area contributed by atoms with Crippen LogP contribution < -0.4 is 10.6 Å². The normalized spacial score (nSPS) is 14.4. The number of likely N-dealkylation sites (tertiary alicyclic amines) is 1. The number of anilines is 2. The number of benzene rings is 1. The molecule has 0 bridgehead atoms. The molecule has 1 aromatic heterocycles. The van der Waals surface area contributed by atoms with E-state index in [0.717, 1.165) is 12.8 Å². The summed E-state index contributed by atoms with van der Waals surface area (Å²) in [5.41, 5.74) is 0.177. The lowest BCUT2D eigenvalue weighted by atomic mass is 10.1. The van der Waals surface area contributed by atoms with Gasteiger partial charge in [-0.1, -0.05) is 12.1 Å². The number of carbonyl (C=O) groups excluding carboxylic acids is 2. The predicted molar refractivity (Wildman–Crippen MR) is 102 cm³/mol. The van der Waals surface area contributed by atoms with Crippen molar-refractivity contribution in [3.05, 3.63) is 48.2 Å². The highest BCUT2D eigenvalue weighted by Gasteiger charge is 2.23. The van der Waals surface area contributed by atoms with E-state index >= 15 is 0 Å². The number of amides is 2. The second kappa shape index (κ2) is 9.12. The van der Waals surface area contributed by atoms with Crippen molar-refractivity contribution < 1.29 is 18.7 Å². The number of hydrogen-bond acceptors (Lipinski definition) is 6. The minimum absolute atomic E-state index is 0.0878. The summed E-state index contributed by atoms with van der Waals surface area (Å²) in [6, 6.07) is 6.06. The average Bonchev–Trinajstić information content (AvgIpc) is 2.71. The fourth-order valence-electron chi connectivity index (χ4n) is 2.90. The molecular weight excluding hydrogens is 365 g/mol. The van der Waals surface area contributed by atoms with Gasteiger partial charge in [-0.3, -0.25) is 4.79 Å². The molecule has 0 unspecified atom stereocenters. The van der Waals surface area contributed by atoms with Gasteiger partial charge in [-0.15, -0.1) is 0 Å². The fraction of sp³-hybridized carbons (Fsp3) is 0.368. The summed E-state index contributed by atoms with van der Waals surface area (Å²) in [5, 5.41) is 5.72. The van der Waals surface area contributed by atoms with Crippen LogP contribution in [0, 0.1) is 5.82 Å². The second-order valence-corrected chi connectivity index (χ2v) is 6.33. The molecule has 0 spiro atoms. The number of hydrogen-bond donors (Lipinski definition) is 2. The molecule has 0 aliphatic carbocycles. The number of halogens is 1. The second-order valence-electron chi connectivity index (χ2n) is 6.33. The van der Waals surface area contributed by atoms with Crippen LogP contribution in [0.25, 0.3) is 0 Å². The third-order valence-electron chi connectivity index (χ3n) is 4.38. The van der Waals surface area contributed by atoms with Crippen molar-refractivity contribution in [1.29, 1.82) is 0 Å². The predicted octanol–water partition coefficient (Wildman–Crippen LogP) is 2.90. The molecule has 0 saturated carbocycles. The van der Waals surface area contributed by atoms with E-state index in [2.05, 4.69) is 20.6 Å². The Balaban J connectivity index is 1.52. The van der Waals surface area contributed by atoms with E-state index in [4.69, 9.17) is 4.74 Å². The van der Waals surface area contributed by atoms with E-state index in [1.165, 1.54) is 24.5 Å². The number of nitrogens with zero attached hydrogens (tertiary/aromatic N) is 3. The first-order chi connectivity index (χ1) is 13.6. The summed E-state index contributed by atoms with van der Waals surface area (Å²) in [4.78, 5) is 33.9. The third-order valence-corrected chi connectivity index (χ3v) is 4.38. The zero-order valence-corrected chi connectivity index (χ0v) is 15.5. The quantitative estimate of drug-likeness (QED) is 0.819. The topological polar surface area (TPSA) is 96.5 Å². The summed E-state index contributed by atoms with van der Waals surface area (Å²) in [7, 11) is 0. The standard InChI is InChI=1S/C19H22FN5O3/c1-2-28-19(27)25-9-7-13(8-10-25)23-17-12-21-16(11-22-17)18(26)24-15-6-4-3-5-14(15)20/h3-6,11-13H,2,7-10H2,1H3,(H,22,23)(H,24,26). The highest BCUT2D eigenvalue weighted by atomic mass is 19.1. The van der Waals surface area contributed by atoms with Crippen molar-refractivity contribution >= 4 is 23.5 Å². The van der Waals surface area contributed by atoms with Gasteiger partial charge in [-0.2, -0.15) is 0 Å². The Morgan fingerprint density at radius 1 is 1.21 bits per heavy atom. The zero-order valence-electron chi connectivity index (χ0n) is 15.5. The van der Waals surface area contributed by atoms with Gasteiger partial charge in [0, 0.05) is 19.1 Å². The van der Waals surface area contributed by atoms with Crippen LogP contribution in [0.5, 0.6) is 0 Å². The van der Waals surface area contributed by atoms with E-state index in [0.29, 0.717) is 25.5 Å². The van der Waals surface area contributed by atoms with Crippen LogP contribution in [0.2, 0.25) is 0 Å². The maximum Gasteiger partial charge on any atom is 0.409 e. The number of nitrogens with one attached hydrogen (secondary N) is 2. The Labute approximate surface area is 162 Å². The van der Waals surface area contributed by atoms with Crippen molar-refractivity contribution in [2.45, 2.75) is 25.8 Å². The van der Waals surface area contributed by atoms with Gasteiger partial charge in [0.1, 0.15) is 17.3 Å². The summed E-state index contributed by atoms with van der Waals surface area (Å²) in [5.74, 6) is -0.514. The molecule has 0 radical (unpaired) electrons. The highest BCUT2D eigenvalue weighted by Crippen LogP contribution is 2.16. The lowest BCUT2D eigenvalue weighted by Crippen LogP contribution is -2.42. The van der Waals surface area contributed by atoms with Crippen LogP contribution in [0.3, 0.4) is 0 Å². The van der Waals surface area contributed by atoms with Gasteiger partial charge in [0.05, 0.1) is 24.7 Å². The molecule has 1 aliphatic rings. The maximum atomic E-state index is 13.6. The highest BCUT2D eigenvalue weighted by molar-refractivity contribution is 6.02. The minimum atomic E-state index is -0.535. The SMILES string of the molecule is CCOC(=O)N1CCC(Nc2cnc(C(=O)Nc3ccccc3F)cn2)CC1. The number of carbonyl (C=O) groups is 2. The fourth-order valence-corrected chi connectivity index (χ4v) is 2.90. The summed E-state index contributed by atoms with van der Waals surface area (Å²) >= 11 is 0. The van der Waals surface area contributed by atoms with Crippen LogP contribution in [-0.2, 0) is 4.74 Å². The number of para-hydroxylation sites is 1. The van der Waals surface area contributed by atoms with Crippen molar-refractivity contribution in [2.75, 3.05) is 30.3 Å². The van der Waals surface area contributed by atoms with Gasteiger partial charge in [0.15, 0.2) is 0 Å².